The van der Waals surface area contributed by atoms with Gasteiger partial charge in [-0.1, -0.05) is 47.0 Å². The first kappa shape index (κ1) is 21.2. The van der Waals surface area contributed by atoms with Crippen molar-refractivity contribution in [1.29, 1.82) is 0 Å². The molecule has 2 aliphatic carbocycles. The molecule has 0 atom stereocenters. The molecule has 0 N–H and O–H groups in total. The van der Waals surface area contributed by atoms with Gasteiger partial charge in [-0.25, -0.2) is 17.7 Å². The second kappa shape index (κ2) is 7.65. The van der Waals surface area contributed by atoms with Gasteiger partial charge < -0.3 is 24.8 Å². The van der Waals surface area contributed by atoms with Crippen molar-refractivity contribution in [2.24, 2.45) is 10.8 Å². The summed E-state index contributed by atoms with van der Waals surface area (Å²) in [6.45, 7) is 9.40. The maximum absolute atomic E-state index is 3.62. The van der Waals surface area contributed by atoms with Crippen molar-refractivity contribution < 1.29 is 51.0 Å². The van der Waals surface area contributed by atoms with Crippen LogP contribution in [0.3, 0.4) is 0 Å². The summed E-state index contributed by atoms with van der Waals surface area (Å²) in [5.74, 6) is 0. The fourth-order valence-corrected chi connectivity index (χ4v) is 3.30. The van der Waals surface area contributed by atoms with E-state index in [9.17, 15) is 0 Å². The Bertz CT molecular complexity index is 318. The monoisotopic (exact) mass is 363 g/mol. The summed E-state index contributed by atoms with van der Waals surface area (Å²) < 4.78 is 0. The third-order valence-electron chi connectivity index (χ3n) is 4.37. The zero-order valence-corrected chi connectivity index (χ0v) is 15.8. The van der Waals surface area contributed by atoms with E-state index in [2.05, 4.69) is 39.8 Å². The normalized spacial score (nSPS) is 21.1. The molecule has 0 bridgehead atoms. The average molecular weight is 365 g/mol. The molecule has 0 aromatic carbocycles. The van der Waals surface area contributed by atoms with Crippen molar-refractivity contribution in [3.05, 3.63) is 23.3 Å². The molecular weight excluding hydrogens is 342 g/mol. The summed E-state index contributed by atoms with van der Waals surface area (Å²) >= 11 is 0. The number of hydrogen-bond donors (Lipinski definition) is 0. The van der Waals surface area contributed by atoms with Gasteiger partial charge in [0.15, 0.2) is 0 Å². The first-order valence-electron chi connectivity index (χ1n) is 6.26. The number of rotatable bonds is 1. The molecule has 0 nitrogen and oxygen atoms in total. The summed E-state index contributed by atoms with van der Waals surface area (Å²) in [6.07, 6.45) is 12.7. The minimum absolute atomic E-state index is 0. The van der Waals surface area contributed by atoms with Crippen molar-refractivity contribution in [3.8, 4) is 0 Å². The fraction of sp³-hybridized carbons (Fsp3) is 0.733. The van der Waals surface area contributed by atoms with Crippen LogP contribution in [0.15, 0.2) is 17.2 Å². The molecule has 0 heterocycles. The predicted octanol–water partition coefficient (Wildman–Crippen LogP) is -1.32. The largest absolute Gasteiger partial charge is 3.00 e. The van der Waals surface area contributed by atoms with E-state index in [1.807, 2.05) is 0 Å². The Morgan fingerprint density at radius 1 is 1.11 bits per heavy atom. The molecule has 0 amide bonds. The molecule has 0 aliphatic heterocycles. The van der Waals surface area contributed by atoms with Crippen LogP contribution in [0.2, 0.25) is 0 Å². The molecule has 1 radical (unpaired) electrons. The number of allylic oxidation sites excluding steroid dienone is 4. The molecule has 3 heteroatoms. The van der Waals surface area contributed by atoms with Crippen LogP contribution in [0.1, 0.15) is 59.8 Å². The third kappa shape index (κ3) is 3.74. The summed E-state index contributed by atoms with van der Waals surface area (Å²) in [5, 5.41) is 0. The van der Waals surface area contributed by atoms with Gasteiger partial charge in [0, 0.05) is 0 Å². The van der Waals surface area contributed by atoms with E-state index >= 15 is 0 Å². The van der Waals surface area contributed by atoms with Gasteiger partial charge in [0.1, 0.15) is 0 Å². The van der Waals surface area contributed by atoms with Crippen molar-refractivity contribution >= 4 is 0 Å². The van der Waals surface area contributed by atoms with E-state index in [4.69, 9.17) is 0 Å². The van der Waals surface area contributed by atoms with E-state index in [-0.39, 0.29) is 51.0 Å². The smallest absolute Gasteiger partial charge is 1.00 e. The standard InChI is InChI=1S/C15H23.2ClH.Zr/c1-12-7-8-13(11-12)15(14(2,3)4)9-5-6-10-15;;;/h8H,5-7,9-10H2,1-4H3;2*1H;/q-1;;;+3/p-2. The summed E-state index contributed by atoms with van der Waals surface area (Å²) in [7, 11) is 0. The van der Waals surface area contributed by atoms with Gasteiger partial charge in [0.25, 0.3) is 0 Å². The predicted molar refractivity (Wildman–Crippen MR) is 65.5 cm³/mol. The van der Waals surface area contributed by atoms with Crippen LogP contribution in [-0.2, 0) is 26.2 Å². The molecular formula is C15H23Cl2Zr. The second-order valence-corrected chi connectivity index (χ2v) is 6.27. The quantitative estimate of drug-likeness (QED) is 0.506. The van der Waals surface area contributed by atoms with Crippen LogP contribution >= 0.6 is 0 Å². The Hall–Kier alpha value is 0.943. The minimum atomic E-state index is 0. The van der Waals surface area contributed by atoms with Crippen molar-refractivity contribution in [2.45, 2.75) is 59.8 Å². The third-order valence-corrected chi connectivity index (χ3v) is 4.37. The van der Waals surface area contributed by atoms with Crippen LogP contribution in [0.5, 0.6) is 0 Å². The Kier molecular flexibility index (Phi) is 9.03. The molecule has 0 saturated heterocycles. The molecule has 0 spiro atoms. The SMILES string of the molecule is CC1=[C-]C(C2(C(C)(C)C)CCCC2)=CC1.[Cl-].[Cl-].[Zr+3]. The van der Waals surface area contributed by atoms with Gasteiger partial charge in [0.2, 0.25) is 0 Å². The Balaban J connectivity index is 0. The van der Waals surface area contributed by atoms with E-state index in [1.165, 1.54) is 36.8 Å². The summed E-state index contributed by atoms with van der Waals surface area (Å²) in [5.41, 5.74) is 3.74. The topological polar surface area (TPSA) is 0 Å². The van der Waals surface area contributed by atoms with Crippen LogP contribution in [0, 0.1) is 16.9 Å². The fourth-order valence-electron chi connectivity index (χ4n) is 3.30. The summed E-state index contributed by atoms with van der Waals surface area (Å²) in [4.78, 5) is 0. The molecule has 101 valence electrons. The van der Waals surface area contributed by atoms with Crippen molar-refractivity contribution in [1.82, 2.24) is 0 Å². The van der Waals surface area contributed by atoms with E-state index in [1.54, 1.807) is 0 Å². The molecule has 0 aromatic rings. The van der Waals surface area contributed by atoms with Crippen molar-refractivity contribution in [2.75, 3.05) is 0 Å². The van der Waals surface area contributed by atoms with E-state index in [0.717, 1.165) is 6.42 Å². The van der Waals surface area contributed by atoms with Crippen LogP contribution in [0.25, 0.3) is 0 Å². The zero-order chi connectivity index (χ0) is 11.1. The molecule has 1 saturated carbocycles. The van der Waals surface area contributed by atoms with E-state index < -0.39 is 0 Å². The van der Waals surface area contributed by atoms with Gasteiger partial charge in [-0.15, -0.1) is 0 Å². The van der Waals surface area contributed by atoms with Crippen molar-refractivity contribution in [3.63, 3.8) is 0 Å². The molecule has 18 heavy (non-hydrogen) atoms. The van der Waals surface area contributed by atoms with Crippen LogP contribution < -0.4 is 24.8 Å². The Labute approximate surface area is 144 Å². The van der Waals surface area contributed by atoms with Crippen LogP contribution in [-0.4, -0.2) is 0 Å². The van der Waals surface area contributed by atoms with Gasteiger partial charge in [-0.3, -0.25) is 0 Å². The molecule has 1 fully saturated rings. The minimum Gasteiger partial charge on any atom is -1.00 e. The van der Waals surface area contributed by atoms with Gasteiger partial charge >= 0.3 is 26.2 Å². The molecule has 2 aliphatic rings. The maximum atomic E-state index is 3.62. The molecule has 0 unspecified atom stereocenters. The Morgan fingerprint density at radius 3 is 1.94 bits per heavy atom. The maximum Gasteiger partial charge on any atom is 3.00 e. The van der Waals surface area contributed by atoms with Gasteiger partial charge in [-0.2, -0.15) is 5.57 Å². The van der Waals surface area contributed by atoms with Gasteiger partial charge in [0.05, 0.1) is 0 Å². The van der Waals surface area contributed by atoms with Crippen LogP contribution in [0.4, 0.5) is 0 Å². The van der Waals surface area contributed by atoms with Gasteiger partial charge in [-0.05, 0) is 23.7 Å². The first-order chi connectivity index (χ1) is 6.96. The molecule has 2 rings (SSSR count). The summed E-state index contributed by atoms with van der Waals surface area (Å²) in [6, 6.07) is 0. The Morgan fingerprint density at radius 2 is 1.61 bits per heavy atom. The number of hydrogen-bond acceptors (Lipinski definition) is 0. The zero-order valence-electron chi connectivity index (χ0n) is 11.9. The second-order valence-electron chi connectivity index (χ2n) is 6.27. The average Bonchev–Trinajstić information content (AvgIpc) is 2.69. The number of halogens is 2. The van der Waals surface area contributed by atoms with E-state index in [0.29, 0.717) is 10.8 Å². The first-order valence-corrected chi connectivity index (χ1v) is 6.26. The molecule has 0 aromatic heterocycles.